The highest BCUT2D eigenvalue weighted by atomic mass is 35.5. The van der Waals surface area contributed by atoms with Crippen LogP contribution in [0.1, 0.15) is 68.3 Å². The zero-order valence-corrected chi connectivity index (χ0v) is 20.0. The number of carbonyl (C=O) groups excluding carboxylic acids is 1. The Balaban J connectivity index is 1.55. The molecule has 1 aromatic carbocycles. The summed E-state index contributed by atoms with van der Waals surface area (Å²) in [6, 6.07) is 5.68. The van der Waals surface area contributed by atoms with Crippen molar-refractivity contribution in [1.29, 1.82) is 0 Å². The first kappa shape index (κ1) is 23.6. The van der Waals surface area contributed by atoms with E-state index in [4.69, 9.17) is 11.6 Å². The van der Waals surface area contributed by atoms with Gasteiger partial charge < -0.3 is 10.2 Å². The Morgan fingerprint density at radius 3 is 2.77 bits per heavy atom. The highest BCUT2D eigenvalue weighted by molar-refractivity contribution is 7.58. The van der Waals surface area contributed by atoms with Gasteiger partial charge in [-0.05, 0) is 80.9 Å². The van der Waals surface area contributed by atoms with Gasteiger partial charge in [-0.2, -0.15) is 0 Å². The van der Waals surface area contributed by atoms with E-state index in [1.165, 1.54) is 19.3 Å². The monoisotopic (exact) mass is 451 g/mol. The molecule has 0 aliphatic heterocycles. The normalized spacial score (nSPS) is 27.7. The van der Waals surface area contributed by atoms with Crippen LogP contribution in [0.3, 0.4) is 0 Å². The standard InChI is InChI=1S/C24H35ClNO3P/c1-16(2)30(28,29)13-7-5-4-6-8-21-18-10-11-19(14-18)23(21)26-24(27)22-15-20(25)12-9-17(22)3/h4,6,9,12,15-16,18-19,21,23H,5,7-8,10-11,13-14H2,1-3H3,(H,26,27)(H,28,29)/b6-4-/t18-,19-,21?,23?/m0/s1. The molecule has 2 N–H and O–H groups in total. The Morgan fingerprint density at radius 2 is 2.03 bits per heavy atom. The lowest BCUT2D eigenvalue weighted by atomic mass is 9.82. The minimum atomic E-state index is -3.00. The lowest BCUT2D eigenvalue weighted by Crippen LogP contribution is -2.44. The second kappa shape index (κ2) is 10.0. The highest BCUT2D eigenvalue weighted by Gasteiger charge is 2.47. The molecule has 4 nitrogen and oxygen atoms in total. The van der Waals surface area contributed by atoms with E-state index in [0.29, 0.717) is 34.5 Å². The molecule has 2 bridgehead atoms. The molecular weight excluding hydrogens is 417 g/mol. The third-order valence-electron chi connectivity index (χ3n) is 7.06. The smallest absolute Gasteiger partial charge is 0.251 e. The van der Waals surface area contributed by atoms with Gasteiger partial charge in [-0.1, -0.05) is 43.7 Å². The van der Waals surface area contributed by atoms with E-state index in [0.717, 1.165) is 24.8 Å². The molecule has 30 heavy (non-hydrogen) atoms. The van der Waals surface area contributed by atoms with Crippen molar-refractivity contribution in [2.24, 2.45) is 17.8 Å². The topological polar surface area (TPSA) is 66.4 Å². The Hall–Kier alpha value is -1.09. The first-order valence-corrected chi connectivity index (χ1v) is 13.5. The van der Waals surface area contributed by atoms with Gasteiger partial charge in [-0.15, -0.1) is 0 Å². The summed E-state index contributed by atoms with van der Waals surface area (Å²) < 4.78 is 12.0. The first-order valence-electron chi connectivity index (χ1n) is 11.2. The first-order chi connectivity index (χ1) is 14.2. The lowest BCUT2D eigenvalue weighted by molar-refractivity contribution is 0.0900. The van der Waals surface area contributed by atoms with Crippen LogP contribution in [0.5, 0.6) is 0 Å². The van der Waals surface area contributed by atoms with E-state index in [2.05, 4.69) is 17.5 Å². The quantitative estimate of drug-likeness (QED) is 0.267. The zero-order chi connectivity index (χ0) is 21.9. The van der Waals surface area contributed by atoms with E-state index in [9.17, 15) is 14.3 Å². The van der Waals surface area contributed by atoms with Gasteiger partial charge in [-0.25, -0.2) is 0 Å². The van der Waals surface area contributed by atoms with E-state index in [1.54, 1.807) is 6.07 Å². The van der Waals surface area contributed by atoms with Gasteiger partial charge in [0, 0.05) is 28.4 Å². The molecule has 0 heterocycles. The molecule has 2 aliphatic carbocycles. The number of hydrogen-bond acceptors (Lipinski definition) is 2. The Kier molecular flexibility index (Phi) is 7.87. The predicted molar refractivity (Wildman–Crippen MR) is 125 cm³/mol. The summed E-state index contributed by atoms with van der Waals surface area (Å²) in [6.07, 6.45) is 10.9. The molecule has 3 unspecified atom stereocenters. The summed E-state index contributed by atoms with van der Waals surface area (Å²) in [5, 5.41) is 3.91. The molecule has 1 aromatic rings. The maximum Gasteiger partial charge on any atom is 0.251 e. The number of rotatable bonds is 9. The number of amides is 1. The molecule has 2 aliphatic rings. The molecule has 6 heteroatoms. The van der Waals surface area contributed by atoms with Crippen LogP contribution in [0.2, 0.25) is 5.02 Å². The molecule has 2 saturated carbocycles. The fraction of sp³-hybridized carbons (Fsp3) is 0.625. The molecular formula is C24H35ClNO3P. The fourth-order valence-corrected chi connectivity index (χ4v) is 6.43. The van der Waals surface area contributed by atoms with Gasteiger partial charge in [0.2, 0.25) is 7.37 Å². The van der Waals surface area contributed by atoms with Crippen LogP contribution in [0.25, 0.3) is 0 Å². The third-order valence-corrected chi connectivity index (χ3v) is 9.87. The number of carbonyl (C=O) groups is 1. The van der Waals surface area contributed by atoms with Crippen molar-refractivity contribution in [3.05, 3.63) is 46.5 Å². The molecule has 0 aromatic heterocycles. The Labute approximate surface area is 185 Å². The summed E-state index contributed by atoms with van der Waals surface area (Å²) in [5.41, 5.74) is 1.44. The molecule has 1 amide bonds. The second-order valence-corrected chi connectivity index (χ2v) is 12.8. The van der Waals surface area contributed by atoms with Crippen LogP contribution in [-0.4, -0.2) is 28.7 Å². The van der Waals surface area contributed by atoms with Crippen molar-refractivity contribution < 1.29 is 14.3 Å². The Morgan fingerprint density at radius 1 is 1.30 bits per heavy atom. The number of allylic oxidation sites excluding steroid dienone is 2. The number of benzene rings is 1. The number of hydrogen-bond donors (Lipinski definition) is 2. The van der Waals surface area contributed by atoms with E-state index in [1.807, 2.05) is 32.9 Å². The summed E-state index contributed by atoms with van der Waals surface area (Å²) >= 11 is 6.10. The average Bonchev–Trinajstić information content (AvgIpc) is 3.28. The van der Waals surface area contributed by atoms with Gasteiger partial charge in [0.05, 0.1) is 0 Å². The average molecular weight is 452 g/mol. The van der Waals surface area contributed by atoms with Crippen LogP contribution in [0.4, 0.5) is 0 Å². The lowest BCUT2D eigenvalue weighted by Gasteiger charge is -2.31. The van der Waals surface area contributed by atoms with Crippen molar-refractivity contribution in [3.8, 4) is 0 Å². The molecule has 2 fully saturated rings. The van der Waals surface area contributed by atoms with Gasteiger partial charge in [-0.3, -0.25) is 9.36 Å². The molecule has 3 rings (SSSR count). The van der Waals surface area contributed by atoms with Gasteiger partial charge in [0.25, 0.3) is 5.91 Å². The molecule has 166 valence electrons. The minimum Gasteiger partial charge on any atom is -0.349 e. The van der Waals surface area contributed by atoms with Gasteiger partial charge in [0.15, 0.2) is 0 Å². The highest BCUT2D eigenvalue weighted by Crippen LogP contribution is 2.50. The van der Waals surface area contributed by atoms with E-state index >= 15 is 0 Å². The summed E-state index contributed by atoms with van der Waals surface area (Å²) in [7, 11) is -3.00. The maximum atomic E-state index is 12.9. The van der Waals surface area contributed by atoms with E-state index in [-0.39, 0.29) is 17.6 Å². The summed E-state index contributed by atoms with van der Waals surface area (Å²) in [6.45, 7) is 5.56. The van der Waals surface area contributed by atoms with Crippen LogP contribution in [0.15, 0.2) is 30.4 Å². The molecule has 0 saturated heterocycles. The molecule has 5 atom stereocenters. The number of aryl methyl sites for hydroxylation is 1. The number of halogens is 1. The van der Waals surface area contributed by atoms with Crippen molar-refractivity contribution in [3.63, 3.8) is 0 Å². The van der Waals surface area contributed by atoms with Crippen molar-refractivity contribution in [2.75, 3.05) is 6.16 Å². The third kappa shape index (κ3) is 5.58. The van der Waals surface area contributed by atoms with Crippen LogP contribution < -0.4 is 5.32 Å². The molecule has 0 spiro atoms. The second-order valence-electron chi connectivity index (χ2n) is 9.38. The van der Waals surface area contributed by atoms with Gasteiger partial charge in [0.1, 0.15) is 0 Å². The largest absolute Gasteiger partial charge is 0.349 e. The zero-order valence-electron chi connectivity index (χ0n) is 18.3. The maximum absolute atomic E-state index is 12.9. The van der Waals surface area contributed by atoms with Gasteiger partial charge >= 0.3 is 0 Å². The number of nitrogens with one attached hydrogen (secondary N) is 1. The van der Waals surface area contributed by atoms with Crippen LogP contribution in [0, 0.1) is 24.7 Å². The summed E-state index contributed by atoms with van der Waals surface area (Å²) in [5.74, 6) is 1.71. The van der Waals surface area contributed by atoms with Crippen molar-refractivity contribution in [2.45, 2.75) is 71.0 Å². The SMILES string of the molecule is Cc1ccc(Cl)cc1C(=O)NC1C(C/C=C\CCCP(=O)(O)C(C)C)[C@H]2CC[C@H]1C2. The number of unbranched alkanes of at least 4 members (excludes halogenated alkanes) is 1. The minimum absolute atomic E-state index is 0.0195. The fourth-order valence-electron chi connectivity index (χ4n) is 5.11. The Bertz CT molecular complexity index is 838. The summed E-state index contributed by atoms with van der Waals surface area (Å²) in [4.78, 5) is 22.8. The number of fused-ring (bicyclic) bond motifs is 2. The van der Waals surface area contributed by atoms with Crippen molar-refractivity contribution >= 4 is 24.9 Å². The van der Waals surface area contributed by atoms with Crippen LogP contribution in [-0.2, 0) is 4.57 Å². The van der Waals surface area contributed by atoms with E-state index < -0.39 is 7.37 Å². The van der Waals surface area contributed by atoms with Crippen molar-refractivity contribution in [1.82, 2.24) is 5.32 Å². The van der Waals surface area contributed by atoms with Crippen LogP contribution >= 0.6 is 19.0 Å². The predicted octanol–water partition coefficient (Wildman–Crippen LogP) is 6.20. The molecule has 0 radical (unpaired) electrons.